The summed E-state index contributed by atoms with van der Waals surface area (Å²) in [4.78, 5) is 28.1. The van der Waals surface area contributed by atoms with Crippen LogP contribution in [-0.4, -0.2) is 40.7 Å². The summed E-state index contributed by atoms with van der Waals surface area (Å²) in [6, 6.07) is 8.66. The Labute approximate surface area is 186 Å². The van der Waals surface area contributed by atoms with Crippen LogP contribution in [0.2, 0.25) is 0 Å². The number of sulfonamides is 1. The average molecular weight is 481 g/mol. The van der Waals surface area contributed by atoms with Gasteiger partial charge in [0, 0.05) is 18.8 Å². The van der Waals surface area contributed by atoms with Gasteiger partial charge in [-0.2, -0.15) is 17.5 Å². The molecule has 0 aliphatic carbocycles. The zero-order valence-electron chi connectivity index (χ0n) is 17.0. The minimum Gasteiger partial charge on any atom is -0.458 e. The lowest BCUT2D eigenvalue weighted by molar-refractivity contribution is -0.148. The Kier molecular flexibility index (Phi) is 5.97. The summed E-state index contributed by atoms with van der Waals surface area (Å²) in [5, 5.41) is 0. The number of pyridine rings is 1. The maximum Gasteiger partial charge on any atom is 0.417 e. The minimum atomic E-state index is -4.88. The monoisotopic (exact) mass is 481 g/mol. The molecule has 0 N–H and O–H groups in total. The number of halogens is 3. The van der Waals surface area contributed by atoms with Gasteiger partial charge in [-0.3, -0.25) is 14.0 Å². The van der Waals surface area contributed by atoms with Gasteiger partial charge in [-0.05, 0) is 37.1 Å². The van der Waals surface area contributed by atoms with E-state index in [0.29, 0.717) is 11.7 Å². The lowest BCUT2D eigenvalue weighted by Gasteiger charge is -2.24. The third-order valence-corrected chi connectivity index (χ3v) is 7.21. The fourth-order valence-electron chi connectivity index (χ4n) is 3.73. The third-order valence-electron chi connectivity index (χ3n) is 5.24. The Hall–Kier alpha value is -3.25. The van der Waals surface area contributed by atoms with Crippen LogP contribution >= 0.6 is 0 Å². The Bertz CT molecular complexity index is 1370. The molecule has 0 radical (unpaired) electrons. The number of carbonyl (C=O) groups is 1. The van der Waals surface area contributed by atoms with Crippen LogP contribution in [0.15, 0.2) is 64.4 Å². The number of aromatic nitrogens is 2. The molecule has 4 rings (SSSR count). The number of hydrogen-bond acceptors (Lipinski definition) is 6. The molecule has 1 aromatic carbocycles. The van der Waals surface area contributed by atoms with Gasteiger partial charge >= 0.3 is 12.1 Å². The molecular formula is C21H18F3N3O5S. The van der Waals surface area contributed by atoms with Crippen molar-refractivity contribution in [1.82, 2.24) is 13.7 Å². The SMILES string of the molecule is O=C(OCc1cc(=O)n2ccccc2n1)C1CCCN1S(=O)(=O)c1ccccc1C(F)(F)F. The molecule has 0 bridgehead atoms. The highest BCUT2D eigenvalue weighted by Crippen LogP contribution is 2.37. The highest BCUT2D eigenvalue weighted by Gasteiger charge is 2.44. The summed E-state index contributed by atoms with van der Waals surface area (Å²) >= 11 is 0. The summed E-state index contributed by atoms with van der Waals surface area (Å²) in [5.74, 6) is -0.921. The van der Waals surface area contributed by atoms with Gasteiger partial charge in [0.1, 0.15) is 18.3 Å². The second kappa shape index (κ2) is 8.60. The predicted molar refractivity (Wildman–Crippen MR) is 110 cm³/mol. The highest BCUT2D eigenvalue weighted by molar-refractivity contribution is 7.89. The van der Waals surface area contributed by atoms with Crippen molar-refractivity contribution >= 4 is 21.6 Å². The number of benzene rings is 1. The molecule has 0 saturated carbocycles. The van der Waals surface area contributed by atoms with Crippen molar-refractivity contribution < 1.29 is 31.1 Å². The number of alkyl halides is 3. The number of hydrogen-bond donors (Lipinski definition) is 0. The zero-order valence-corrected chi connectivity index (χ0v) is 17.8. The van der Waals surface area contributed by atoms with E-state index in [0.717, 1.165) is 16.4 Å². The van der Waals surface area contributed by atoms with E-state index in [1.54, 1.807) is 18.2 Å². The van der Waals surface area contributed by atoms with Crippen LogP contribution in [0.1, 0.15) is 24.1 Å². The number of esters is 1. The van der Waals surface area contributed by atoms with Gasteiger partial charge in [0.15, 0.2) is 0 Å². The van der Waals surface area contributed by atoms with E-state index in [1.165, 1.54) is 22.7 Å². The van der Waals surface area contributed by atoms with E-state index in [9.17, 15) is 31.2 Å². The van der Waals surface area contributed by atoms with Crippen molar-refractivity contribution in [1.29, 1.82) is 0 Å². The molecule has 0 amide bonds. The number of ether oxygens (including phenoxy) is 1. The molecular weight excluding hydrogens is 463 g/mol. The van der Waals surface area contributed by atoms with Gasteiger partial charge in [0.05, 0.1) is 16.2 Å². The second-order valence-corrected chi connectivity index (χ2v) is 9.25. The van der Waals surface area contributed by atoms with Crippen molar-refractivity contribution in [3.05, 3.63) is 76.3 Å². The average Bonchev–Trinajstić information content (AvgIpc) is 3.28. The standard InChI is InChI=1S/C21H18F3N3O5S/c22-21(23,24)15-6-1-2-8-17(15)33(30,31)27-11-5-7-16(27)20(29)32-13-14-12-19(28)26-10-4-3-9-18(26)25-14/h1-4,6,8-10,12,16H,5,7,11,13H2. The molecule has 1 aliphatic heterocycles. The lowest BCUT2D eigenvalue weighted by Crippen LogP contribution is -2.41. The topological polar surface area (TPSA) is 98.1 Å². The van der Waals surface area contributed by atoms with Crippen molar-refractivity contribution in [2.45, 2.75) is 36.6 Å². The Morgan fingerprint density at radius 2 is 1.88 bits per heavy atom. The third kappa shape index (κ3) is 4.48. The van der Waals surface area contributed by atoms with Gasteiger partial charge < -0.3 is 4.74 Å². The van der Waals surface area contributed by atoms with Gasteiger partial charge in [-0.1, -0.05) is 18.2 Å². The maximum absolute atomic E-state index is 13.4. The molecule has 33 heavy (non-hydrogen) atoms. The first-order valence-electron chi connectivity index (χ1n) is 9.91. The molecule has 8 nitrogen and oxygen atoms in total. The number of rotatable bonds is 5. The van der Waals surface area contributed by atoms with E-state index >= 15 is 0 Å². The van der Waals surface area contributed by atoms with E-state index in [2.05, 4.69) is 4.98 Å². The first-order valence-corrected chi connectivity index (χ1v) is 11.3. The van der Waals surface area contributed by atoms with Crippen LogP contribution in [0.25, 0.3) is 5.65 Å². The van der Waals surface area contributed by atoms with Crippen molar-refractivity contribution in [2.24, 2.45) is 0 Å². The van der Waals surface area contributed by atoms with Crippen LogP contribution in [0, 0.1) is 0 Å². The van der Waals surface area contributed by atoms with Crippen LogP contribution < -0.4 is 5.56 Å². The molecule has 1 fully saturated rings. The molecule has 1 aliphatic rings. The smallest absolute Gasteiger partial charge is 0.417 e. The van der Waals surface area contributed by atoms with E-state index < -0.39 is 38.7 Å². The highest BCUT2D eigenvalue weighted by atomic mass is 32.2. The van der Waals surface area contributed by atoms with Crippen molar-refractivity contribution in [3.8, 4) is 0 Å². The van der Waals surface area contributed by atoms with E-state index in [-0.39, 0.29) is 37.2 Å². The summed E-state index contributed by atoms with van der Waals surface area (Å²) in [6.45, 7) is -0.507. The molecule has 3 aromatic rings. The summed E-state index contributed by atoms with van der Waals surface area (Å²) in [7, 11) is -4.62. The first-order chi connectivity index (χ1) is 15.6. The van der Waals surface area contributed by atoms with Crippen LogP contribution in [0.3, 0.4) is 0 Å². The molecule has 0 spiro atoms. The molecule has 2 aromatic heterocycles. The number of carbonyl (C=O) groups excluding carboxylic acids is 1. The zero-order chi connectivity index (χ0) is 23.8. The van der Waals surface area contributed by atoms with Crippen LogP contribution in [-0.2, 0) is 32.3 Å². The maximum atomic E-state index is 13.4. The molecule has 3 heterocycles. The van der Waals surface area contributed by atoms with Crippen LogP contribution in [0.4, 0.5) is 13.2 Å². The van der Waals surface area contributed by atoms with Crippen molar-refractivity contribution in [3.63, 3.8) is 0 Å². The van der Waals surface area contributed by atoms with Gasteiger partial charge in [-0.15, -0.1) is 0 Å². The van der Waals surface area contributed by atoms with Gasteiger partial charge in [0.25, 0.3) is 5.56 Å². The van der Waals surface area contributed by atoms with E-state index in [4.69, 9.17) is 4.74 Å². The fourth-order valence-corrected chi connectivity index (χ4v) is 5.59. The fraction of sp³-hybridized carbons (Fsp3) is 0.286. The molecule has 174 valence electrons. The predicted octanol–water partition coefficient (Wildman–Crippen LogP) is 2.61. The first kappa shape index (κ1) is 22.9. The summed E-state index contributed by atoms with van der Waals surface area (Å²) in [5.41, 5.74) is -1.19. The van der Waals surface area contributed by atoms with Gasteiger partial charge in [-0.25, -0.2) is 13.4 Å². The summed E-state index contributed by atoms with van der Waals surface area (Å²) < 4.78 is 73.4. The van der Waals surface area contributed by atoms with Gasteiger partial charge in [0.2, 0.25) is 10.0 Å². The lowest BCUT2D eigenvalue weighted by atomic mass is 10.2. The Morgan fingerprint density at radius 1 is 1.15 bits per heavy atom. The number of fused-ring (bicyclic) bond motifs is 1. The second-order valence-electron chi connectivity index (χ2n) is 7.39. The van der Waals surface area contributed by atoms with E-state index in [1.807, 2.05) is 0 Å². The van der Waals surface area contributed by atoms with Crippen LogP contribution in [0.5, 0.6) is 0 Å². The molecule has 1 unspecified atom stereocenters. The van der Waals surface area contributed by atoms with Crippen molar-refractivity contribution in [2.75, 3.05) is 6.54 Å². The minimum absolute atomic E-state index is 0.0973. The molecule has 12 heteroatoms. The normalized spacial score (nSPS) is 17.4. The number of nitrogens with zero attached hydrogens (tertiary/aromatic N) is 3. The Balaban J connectivity index is 1.55. The molecule has 1 saturated heterocycles. The largest absolute Gasteiger partial charge is 0.458 e. The molecule has 1 atom stereocenters. The summed E-state index contributed by atoms with van der Waals surface area (Å²) in [6.07, 6.45) is -2.97. The Morgan fingerprint density at radius 3 is 2.64 bits per heavy atom. The quantitative estimate of drug-likeness (QED) is 0.520.